The standard InChI is InChI=1S/C15H10BrClO2/c16-12-6-2-4-10(13(12)17)14(18)11-5-1-3-9-7-8-19-15(9)11/h1-6H,7-8H2. The number of fused-ring (bicyclic) bond motifs is 1. The van der Waals surface area contributed by atoms with E-state index in [4.69, 9.17) is 16.3 Å². The molecule has 0 radical (unpaired) electrons. The zero-order valence-corrected chi connectivity index (χ0v) is 12.3. The first-order valence-corrected chi connectivity index (χ1v) is 7.09. The van der Waals surface area contributed by atoms with Gasteiger partial charge in [0.2, 0.25) is 0 Å². The van der Waals surface area contributed by atoms with Gasteiger partial charge in [0.1, 0.15) is 5.75 Å². The first-order valence-electron chi connectivity index (χ1n) is 5.92. The summed E-state index contributed by atoms with van der Waals surface area (Å²) in [6, 6.07) is 11.0. The summed E-state index contributed by atoms with van der Waals surface area (Å²) < 4.78 is 6.28. The molecule has 0 saturated carbocycles. The molecular formula is C15H10BrClO2. The smallest absolute Gasteiger partial charge is 0.198 e. The molecule has 2 aromatic carbocycles. The van der Waals surface area contributed by atoms with Crippen LogP contribution in [0.4, 0.5) is 0 Å². The summed E-state index contributed by atoms with van der Waals surface area (Å²) in [6.07, 6.45) is 0.850. The Morgan fingerprint density at radius 2 is 1.89 bits per heavy atom. The summed E-state index contributed by atoms with van der Waals surface area (Å²) in [5.41, 5.74) is 2.15. The van der Waals surface area contributed by atoms with E-state index in [2.05, 4.69) is 15.9 Å². The molecule has 1 aliphatic heterocycles. The summed E-state index contributed by atoms with van der Waals surface area (Å²) in [4.78, 5) is 12.6. The van der Waals surface area contributed by atoms with E-state index < -0.39 is 0 Å². The molecule has 0 aliphatic carbocycles. The first kappa shape index (κ1) is 12.7. The van der Waals surface area contributed by atoms with Crippen LogP contribution in [0.15, 0.2) is 40.9 Å². The van der Waals surface area contributed by atoms with Crippen molar-refractivity contribution >= 4 is 33.3 Å². The lowest BCUT2D eigenvalue weighted by Crippen LogP contribution is -2.04. The largest absolute Gasteiger partial charge is 0.492 e. The van der Waals surface area contributed by atoms with Crippen LogP contribution in [0.25, 0.3) is 0 Å². The molecule has 3 rings (SSSR count). The van der Waals surface area contributed by atoms with Crippen molar-refractivity contribution in [2.24, 2.45) is 0 Å². The Morgan fingerprint density at radius 1 is 1.16 bits per heavy atom. The molecule has 2 nitrogen and oxygen atoms in total. The van der Waals surface area contributed by atoms with Gasteiger partial charge in [0, 0.05) is 16.5 Å². The van der Waals surface area contributed by atoms with Gasteiger partial charge in [-0.25, -0.2) is 0 Å². The fourth-order valence-corrected chi connectivity index (χ4v) is 2.80. The number of carbonyl (C=O) groups is 1. The fraction of sp³-hybridized carbons (Fsp3) is 0.133. The summed E-state index contributed by atoms with van der Waals surface area (Å²) in [6.45, 7) is 0.631. The van der Waals surface area contributed by atoms with Crippen LogP contribution in [0.2, 0.25) is 5.02 Å². The minimum absolute atomic E-state index is 0.106. The van der Waals surface area contributed by atoms with E-state index in [0.29, 0.717) is 33.0 Å². The third-order valence-electron chi connectivity index (χ3n) is 3.16. The lowest BCUT2D eigenvalue weighted by atomic mass is 10.00. The Bertz CT molecular complexity index is 667. The number of carbonyl (C=O) groups excluding carboxylic acids is 1. The minimum Gasteiger partial charge on any atom is -0.492 e. The molecule has 19 heavy (non-hydrogen) atoms. The maximum atomic E-state index is 12.6. The highest BCUT2D eigenvalue weighted by molar-refractivity contribution is 9.10. The van der Waals surface area contributed by atoms with Gasteiger partial charge in [-0.3, -0.25) is 4.79 Å². The number of ether oxygens (including phenoxy) is 1. The van der Waals surface area contributed by atoms with Gasteiger partial charge in [0.05, 0.1) is 17.2 Å². The predicted octanol–water partition coefficient (Wildman–Crippen LogP) is 4.27. The van der Waals surface area contributed by atoms with E-state index in [-0.39, 0.29) is 5.78 Å². The van der Waals surface area contributed by atoms with Gasteiger partial charge >= 0.3 is 0 Å². The Hall–Kier alpha value is -1.32. The van der Waals surface area contributed by atoms with Gasteiger partial charge in [-0.05, 0) is 39.7 Å². The molecule has 0 aromatic heterocycles. The Kier molecular flexibility index (Phi) is 3.33. The van der Waals surface area contributed by atoms with Crippen molar-refractivity contribution < 1.29 is 9.53 Å². The van der Waals surface area contributed by atoms with Crippen molar-refractivity contribution in [2.45, 2.75) is 6.42 Å². The van der Waals surface area contributed by atoms with E-state index in [1.54, 1.807) is 18.2 Å². The number of halogens is 2. The van der Waals surface area contributed by atoms with Gasteiger partial charge in [-0.2, -0.15) is 0 Å². The molecule has 0 unspecified atom stereocenters. The van der Waals surface area contributed by atoms with Gasteiger partial charge < -0.3 is 4.74 Å². The van der Waals surface area contributed by atoms with Gasteiger partial charge in [-0.1, -0.05) is 29.8 Å². The number of rotatable bonds is 2. The topological polar surface area (TPSA) is 26.3 Å². The van der Waals surface area contributed by atoms with Gasteiger partial charge in [0.15, 0.2) is 5.78 Å². The maximum absolute atomic E-state index is 12.6. The Labute approximate surface area is 124 Å². The molecular weight excluding hydrogens is 328 g/mol. The second-order valence-corrected chi connectivity index (χ2v) is 5.56. The quantitative estimate of drug-likeness (QED) is 0.765. The van der Waals surface area contributed by atoms with Crippen molar-refractivity contribution in [3.8, 4) is 5.75 Å². The summed E-state index contributed by atoms with van der Waals surface area (Å²) in [5.74, 6) is 0.591. The molecule has 0 fully saturated rings. The Morgan fingerprint density at radius 3 is 2.74 bits per heavy atom. The number of hydrogen-bond donors (Lipinski definition) is 0. The third kappa shape index (κ3) is 2.17. The monoisotopic (exact) mass is 336 g/mol. The second kappa shape index (κ2) is 4.99. The summed E-state index contributed by atoms with van der Waals surface area (Å²) in [7, 11) is 0. The molecule has 96 valence electrons. The van der Waals surface area contributed by atoms with Gasteiger partial charge in [0.25, 0.3) is 0 Å². The van der Waals surface area contributed by atoms with Crippen LogP contribution in [-0.4, -0.2) is 12.4 Å². The highest BCUT2D eigenvalue weighted by atomic mass is 79.9. The summed E-state index contributed by atoms with van der Waals surface area (Å²) in [5, 5.41) is 0.433. The van der Waals surface area contributed by atoms with Crippen LogP contribution in [0, 0.1) is 0 Å². The molecule has 0 amide bonds. The molecule has 0 atom stereocenters. The Balaban J connectivity index is 2.11. The highest BCUT2D eigenvalue weighted by Gasteiger charge is 2.23. The lowest BCUT2D eigenvalue weighted by Gasteiger charge is -2.09. The first-order chi connectivity index (χ1) is 9.18. The number of hydrogen-bond acceptors (Lipinski definition) is 2. The van der Waals surface area contributed by atoms with Crippen molar-refractivity contribution in [1.82, 2.24) is 0 Å². The molecule has 0 spiro atoms. The molecule has 1 heterocycles. The molecule has 0 saturated heterocycles. The van der Waals surface area contributed by atoms with Crippen LogP contribution in [0.5, 0.6) is 5.75 Å². The van der Waals surface area contributed by atoms with E-state index in [1.165, 1.54) is 0 Å². The molecule has 0 N–H and O–H groups in total. The minimum atomic E-state index is -0.106. The molecule has 4 heteroatoms. The number of para-hydroxylation sites is 1. The second-order valence-electron chi connectivity index (χ2n) is 4.32. The van der Waals surface area contributed by atoms with Crippen molar-refractivity contribution in [3.63, 3.8) is 0 Å². The fourth-order valence-electron chi connectivity index (χ4n) is 2.22. The van der Waals surface area contributed by atoms with E-state index in [0.717, 1.165) is 12.0 Å². The maximum Gasteiger partial charge on any atom is 0.198 e. The average molecular weight is 338 g/mol. The van der Waals surface area contributed by atoms with Crippen LogP contribution < -0.4 is 4.74 Å². The van der Waals surface area contributed by atoms with Crippen molar-refractivity contribution in [1.29, 1.82) is 0 Å². The van der Waals surface area contributed by atoms with Crippen LogP contribution in [-0.2, 0) is 6.42 Å². The zero-order valence-electron chi connectivity index (χ0n) is 9.95. The summed E-state index contributed by atoms with van der Waals surface area (Å²) >= 11 is 9.51. The van der Waals surface area contributed by atoms with Crippen LogP contribution in [0.1, 0.15) is 21.5 Å². The van der Waals surface area contributed by atoms with Crippen molar-refractivity contribution in [3.05, 3.63) is 62.6 Å². The van der Waals surface area contributed by atoms with E-state index in [1.807, 2.05) is 18.2 Å². The van der Waals surface area contributed by atoms with E-state index in [9.17, 15) is 4.79 Å². The predicted molar refractivity (Wildman–Crippen MR) is 78.2 cm³/mol. The normalized spacial score (nSPS) is 12.9. The molecule has 0 bridgehead atoms. The molecule has 1 aliphatic rings. The van der Waals surface area contributed by atoms with Crippen molar-refractivity contribution in [2.75, 3.05) is 6.61 Å². The van der Waals surface area contributed by atoms with Crippen LogP contribution >= 0.6 is 27.5 Å². The lowest BCUT2D eigenvalue weighted by molar-refractivity contribution is 0.103. The van der Waals surface area contributed by atoms with Gasteiger partial charge in [-0.15, -0.1) is 0 Å². The molecule has 2 aromatic rings. The SMILES string of the molecule is O=C(c1cccc(Br)c1Cl)c1cccc2c1OCC2. The van der Waals surface area contributed by atoms with Crippen LogP contribution in [0.3, 0.4) is 0 Å². The highest BCUT2D eigenvalue weighted by Crippen LogP contribution is 2.34. The zero-order chi connectivity index (χ0) is 13.4. The number of benzene rings is 2. The average Bonchev–Trinajstić information content (AvgIpc) is 2.89. The van der Waals surface area contributed by atoms with E-state index >= 15 is 0 Å². The number of ketones is 1. The third-order valence-corrected chi connectivity index (χ3v) is 4.45.